The summed E-state index contributed by atoms with van der Waals surface area (Å²) in [6.45, 7) is 2.18. The van der Waals surface area contributed by atoms with Crippen LogP contribution in [0.5, 0.6) is 0 Å². The van der Waals surface area contributed by atoms with Crippen molar-refractivity contribution < 1.29 is 17.7 Å². The van der Waals surface area contributed by atoms with Crippen LogP contribution < -0.4 is 27.5 Å². The fourth-order valence-electron chi connectivity index (χ4n) is 3.40. The molecule has 2 aliphatic heterocycles. The van der Waals surface area contributed by atoms with E-state index in [9.17, 15) is 0 Å². The van der Waals surface area contributed by atoms with Gasteiger partial charge in [0.15, 0.2) is 5.82 Å². The van der Waals surface area contributed by atoms with Gasteiger partial charge >= 0.3 is 0 Å². The molecular weight excluding hydrogens is 334 g/mol. The Morgan fingerprint density at radius 1 is 1.00 bits per heavy atom. The number of rotatable bonds is 3. The van der Waals surface area contributed by atoms with Gasteiger partial charge in [-0.2, -0.15) is 4.98 Å². The lowest BCUT2D eigenvalue weighted by Crippen LogP contribution is -3.00. The summed E-state index contributed by atoms with van der Waals surface area (Å²) in [5, 5.41) is 2.24. The van der Waals surface area contributed by atoms with Crippen LogP contribution in [0.2, 0.25) is 0 Å². The van der Waals surface area contributed by atoms with E-state index in [-0.39, 0.29) is 12.4 Å². The molecular formula is C19H24ClN5. The van der Waals surface area contributed by atoms with Gasteiger partial charge in [0.2, 0.25) is 11.6 Å². The molecule has 25 heavy (non-hydrogen) atoms. The Balaban J connectivity index is 0.00000182. The molecule has 2 aliphatic rings. The second-order valence-corrected chi connectivity index (χ2v) is 6.70. The number of benzene rings is 1. The van der Waals surface area contributed by atoms with E-state index in [4.69, 9.17) is 9.97 Å². The van der Waals surface area contributed by atoms with Gasteiger partial charge in [-0.3, -0.25) is 5.32 Å². The molecule has 0 aliphatic carbocycles. The molecule has 2 aromatic rings. The number of nitrogens with zero attached hydrogens (tertiary/aromatic N) is 4. The van der Waals surface area contributed by atoms with Crippen LogP contribution in [0.3, 0.4) is 0 Å². The SMILES string of the molecule is CN(C)c1nc2c(c(N3CCCCC3)n1)[NH2+]C(c1ccccc1)=C2.[Cl-]. The lowest BCUT2D eigenvalue weighted by molar-refractivity contribution is -0.464. The molecule has 132 valence electrons. The molecule has 0 amide bonds. The molecule has 0 bridgehead atoms. The van der Waals surface area contributed by atoms with E-state index in [0.29, 0.717) is 0 Å². The van der Waals surface area contributed by atoms with Gasteiger partial charge in [0.05, 0.1) is 0 Å². The molecule has 0 unspecified atom stereocenters. The molecule has 2 N–H and O–H groups in total. The Kier molecular flexibility index (Phi) is 5.25. The predicted octanol–water partition coefficient (Wildman–Crippen LogP) is -0.756. The summed E-state index contributed by atoms with van der Waals surface area (Å²) in [4.78, 5) is 14.1. The maximum Gasteiger partial charge on any atom is 0.227 e. The molecule has 3 heterocycles. The van der Waals surface area contributed by atoms with Crippen LogP contribution in [0.15, 0.2) is 30.3 Å². The number of aromatic nitrogens is 2. The van der Waals surface area contributed by atoms with Gasteiger partial charge in [0.25, 0.3) is 0 Å². The number of hydrogen-bond donors (Lipinski definition) is 1. The van der Waals surface area contributed by atoms with Crippen LogP contribution in [0.1, 0.15) is 30.5 Å². The lowest BCUT2D eigenvalue weighted by atomic mass is 10.1. The van der Waals surface area contributed by atoms with E-state index in [2.05, 4.69) is 46.6 Å². The van der Waals surface area contributed by atoms with Gasteiger partial charge < -0.3 is 22.2 Å². The van der Waals surface area contributed by atoms with Crippen molar-refractivity contribution in [2.45, 2.75) is 19.3 Å². The molecule has 6 heteroatoms. The number of nitrogens with two attached hydrogens (primary N) is 1. The fraction of sp³-hybridized carbons (Fsp3) is 0.368. The summed E-state index contributed by atoms with van der Waals surface area (Å²) in [6, 6.07) is 10.5. The highest BCUT2D eigenvalue weighted by Crippen LogP contribution is 2.32. The molecule has 5 nitrogen and oxygen atoms in total. The standard InChI is InChI=1S/C19H23N5.ClH/c1-23(2)19-21-16-13-15(14-9-5-3-6-10-14)20-17(16)18(22-19)24-11-7-4-8-12-24;/h3,5-6,9-10,13,20H,4,7-8,11-12H2,1-2H3;1H. The molecule has 0 atom stereocenters. The topological polar surface area (TPSA) is 48.9 Å². The van der Waals surface area contributed by atoms with E-state index in [0.717, 1.165) is 30.5 Å². The van der Waals surface area contributed by atoms with Crippen molar-refractivity contribution in [1.29, 1.82) is 0 Å². The van der Waals surface area contributed by atoms with Gasteiger partial charge in [0.1, 0.15) is 11.4 Å². The molecule has 4 rings (SSSR count). The van der Waals surface area contributed by atoms with Crippen LogP contribution in [-0.4, -0.2) is 37.2 Å². The third-order valence-corrected chi connectivity index (χ3v) is 4.70. The van der Waals surface area contributed by atoms with Gasteiger partial charge in [-0.15, -0.1) is 0 Å². The minimum atomic E-state index is 0. The summed E-state index contributed by atoms with van der Waals surface area (Å²) >= 11 is 0. The first kappa shape index (κ1) is 17.7. The summed E-state index contributed by atoms with van der Waals surface area (Å²) in [6.07, 6.45) is 6.00. The summed E-state index contributed by atoms with van der Waals surface area (Å²) in [5.74, 6) is 1.87. The number of anilines is 2. The summed E-state index contributed by atoms with van der Waals surface area (Å²) in [5.41, 5.74) is 4.65. The van der Waals surface area contributed by atoms with Gasteiger partial charge in [-0.1, -0.05) is 18.2 Å². The van der Waals surface area contributed by atoms with E-state index in [1.54, 1.807) is 0 Å². The quantitative estimate of drug-likeness (QED) is 0.785. The number of hydrogen-bond acceptors (Lipinski definition) is 4. The smallest absolute Gasteiger partial charge is 0.227 e. The zero-order valence-electron chi connectivity index (χ0n) is 14.7. The first-order chi connectivity index (χ1) is 11.7. The predicted molar refractivity (Wildman–Crippen MR) is 98.3 cm³/mol. The Morgan fingerprint density at radius 2 is 1.72 bits per heavy atom. The van der Waals surface area contributed by atoms with Crippen molar-refractivity contribution in [3.05, 3.63) is 41.6 Å². The number of quaternary nitrogens is 1. The van der Waals surface area contributed by atoms with E-state index in [1.807, 2.05) is 19.0 Å². The summed E-state index contributed by atoms with van der Waals surface area (Å²) in [7, 11) is 4.00. The number of piperidine rings is 1. The zero-order valence-corrected chi connectivity index (χ0v) is 15.5. The fourth-order valence-corrected chi connectivity index (χ4v) is 3.40. The van der Waals surface area contributed by atoms with Crippen molar-refractivity contribution in [1.82, 2.24) is 9.97 Å². The molecule has 0 saturated carbocycles. The Hall–Kier alpha value is -2.11. The average Bonchev–Trinajstić information content (AvgIpc) is 3.06. The molecule has 1 aromatic carbocycles. The highest BCUT2D eigenvalue weighted by molar-refractivity contribution is 5.86. The van der Waals surface area contributed by atoms with E-state index < -0.39 is 0 Å². The molecule has 1 fully saturated rings. The lowest BCUT2D eigenvalue weighted by Gasteiger charge is -2.28. The highest BCUT2D eigenvalue weighted by atomic mass is 35.5. The van der Waals surface area contributed by atoms with Crippen LogP contribution in [0, 0.1) is 0 Å². The van der Waals surface area contributed by atoms with Crippen molar-refractivity contribution >= 4 is 29.2 Å². The monoisotopic (exact) mass is 357 g/mol. The minimum absolute atomic E-state index is 0. The average molecular weight is 358 g/mol. The van der Waals surface area contributed by atoms with E-state index in [1.165, 1.54) is 36.2 Å². The Bertz CT molecular complexity index is 767. The Morgan fingerprint density at radius 3 is 2.40 bits per heavy atom. The zero-order chi connectivity index (χ0) is 16.5. The maximum atomic E-state index is 4.87. The first-order valence-electron chi connectivity index (χ1n) is 8.68. The van der Waals surface area contributed by atoms with Crippen molar-refractivity contribution in [3.8, 4) is 0 Å². The number of halogens is 1. The van der Waals surface area contributed by atoms with Crippen molar-refractivity contribution in [3.63, 3.8) is 0 Å². The van der Waals surface area contributed by atoms with E-state index >= 15 is 0 Å². The molecule has 1 saturated heterocycles. The second kappa shape index (κ2) is 7.42. The largest absolute Gasteiger partial charge is 1.00 e. The van der Waals surface area contributed by atoms with Gasteiger partial charge in [-0.25, -0.2) is 4.98 Å². The third-order valence-electron chi connectivity index (χ3n) is 4.70. The summed E-state index contributed by atoms with van der Waals surface area (Å²) < 4.78 is 0. The highest BCUT2D eigenvalue weighted by Gasteiger charge is 2.29. The second-order valence-electron chi connectivity index (χ2n) is 6.70. The number of fused-ring (bicyclic) bond motifs is 1. The van der Waals surface area contributed by atoms with Crippen LogP contribution >= 0.6 is 0 Å². The Labute approximate surface area is 155 Å². The van der Waals surface area contributed by atoms with Crippen molar-refractivity contribution in [2.24, 2.45) is 0 Å². The van der Waals surface area contributed by atoms with Crippen LogP contribution in [0.4, 0.5) is 17.5 Å². The first-order valence-corrected chi connectivity index (χ1v) is 8.68. The minimum Gasteiger partial charge on any atom is -1.00 e. The van der Waals surface area contributed by atoms with Crippen LogP contribution in [0.25, 0.3) is 11.8 Å². The van der Waals surface area contributed by atoms with Crippen molar-refractivity contribution in [2.75, 3.05) is 37.0 Å². The normalized spacial score (nSPS) is 16.1. The molecule has 1 aromatic heterocycles. The molecule has 0 spiro atoms. The van der Waals surface area contributed by atoms with Crippen LogP contribution in [-0.2, 0) is 0 Å². The molecule has 0 radical (unpaired) electrons. The maximum absolute atomic E-state index is 4.87. The van der Waals surface area contributed by atoms with Gasteiger partial charge in [0, 0.05) is 38.8 Å². The third kappa shape index (κ3) is 3.48. The van der Waals surface area contributed by atoms with Gasteiger partial charge in [-0.05, 0) is 31.4 Å².